The number of hydrogen-bond donors (Lipinski definition) is 1. The van der Waals surface area contributed by atoms with Crippen molar-refractivity contribution >= 4 is 21.8 Å². The van der Waals surface area contributed by atoms with Crippen LogP contribution in [0.25, 0.3) is 0 Å². The maximum absolute atomic E-state index is 12.6. The van der Waals surface area contributed by atoms with Crippen molar-refractivity contribution in [3.63, 3.8) is 0 Å². The second-order valence-electron chi connectivity index (χ2n) is 9.34. The minimum Gasteiger partial charge on any atom is -0.459 e. The third-order valence-corrected chi connectivity index (χ3v) is 7.15. The average Bonchev–Trinajstić information content (AvgIpc) is 3.33. The SMILES string of the molecule is CC(C)OC(=O)c1cccnc1N(C)[C@@H]1CCN(Cc2ccccc2Oc2ccc(S(N)(=O)=O)cc2)C1. The van der Waals surface area contributed by atoms with Crippen LogP contribution in [0.4, 0.5) is 5.82 Å². The molecule has 2 heterocycles. The number of pyridine rings is 1. The molecule has 4 rings (SSSR count). The maximum atomic E-state index is 12.6. The van der Waals surface area contributed by atoms with Gasteiger partial charge in [0.15, 0.2) is 0 Å². The molecule has 1 aromatic heterocycles. The predicted octanol–water partition coefficient (Wildman–Crippen LogP) is 3.80. The predicted molar refractivity (Wildman–Crippen MR) is 141 cm³/mol. The molecular weight excluding hydrogens is 492 g/mol. The number of nitrogens with two attached hydrogens (primary N) is 1. The Balaban J connectivity index is 1.43. The van der Waals surface area contributed by atoms with Gasteiger partial charge in [-0.3, -0.25) is 4.90 Å². The Bertz CT molecular complexity index is 1340. The highest BCUT2D eigenvalue weighted by atomic mass is 32.2. The van der Waals surface area contributed by atoms with Crippen molar-refractivity contribution in [2.24, 2.45) is 5.14 Å². The van der Waals surface area contributed by atoms with Gasteiger partial charge in [0, 0.05) is 44.5 Å². The molecule has 1 fully saturated rings. The van der Waals surface area contributed by atoms with Crippen molar-refractivity contribution in [2.45, 2.75) is 43.9 Å². The van der Waals surface area contributed by atoms with E-state index in [1.54, 1.807) is 30.5 Å². The summed E-state index contributed by atoms with van der Waals surface area (Å²) in [6, 6.07) is 17.5. The van der Waals surface area contributed by atoms with Crippen molar-refractivity contribution in [3.8, 4) is 11.5 Å². The zero-order chi connectivity index (χ0) is 26.6. The van der Waals surface area contributed by atoms with Gasteiger partial charge in [0.25, 0.3) is 0 Å². The fourth-order valence-corrected chi connectivity index (χ4v) is 4.87. The molecule has 0 radical (unpaired) electrons. The second-order valence-corrected chi connectivity index (χ2v) is 10.9. The molecule has 0 unspecified atom stereocenters. The third kappa shape index (κ3) is 6.65. The summed E-state index contributed by atoms with van der Waals surface area (Å²) in [7, 11) is -1.79. The number of carbonyl (C=O) groups excluding carboxylic acids is 1. The van der Waals surface area contributed by atoms with E-state index in [1.165, 1.54) is 12.1 Å². The highest BCUT2D eigenvalue weighted by Crippen LogP contribution is 2.29. The fourth-order valence-electron chi connectivity index (χ4n) is 4.36. The Morgan fingerprint density at radius 2 is 1.86 bits per heavy atom. The Morgan fingerprint density at radius 3 is 2.57 bits per heavy atom. The van der Waals surface area contributed by atoms with E-state index in [9.17, 15) is 13.2 Å². The second kappa shape index (κ2) is 11.3. The van der Waals surface area contributed by atoms with Gasteiger partial charge < -0.3 is 14.4 Å². The Labute approximate surface area is 217 Å². The fraction of sp³-hybridized carbons (Fsp3) is 0.333. The summed E-state index contributed by atoms with van der Waals surface area (Å²) in [6.07, 6.45) is 2.40. The maximum Gasteiger partial charge on any atom is 0.342 e. The lowest BCUT2D eigenvalue weighted by Gasteiger charge is -2.27. The number of anilines is 1. The number of carbonyl (C=O) groups is 1. The molecule has 0 spiro atoms. The average molecular weight is 525 g/mol. The van der Waals surface area contributed by atoms with Crippen LogP contribution in [0.15, 0.2) is 71.8 Å². The first kappa shape index (κ1) is 26.6. The van der Waals surface area contributed by atoms with Crippen LogP contribution >= 0.6 is 0 Å². The summed E-state index contributed by atoms with van der Waals surface area (Å²) >= 11 is 0. The van der Waals surface area contributed by atoms with Gasteiger partial charge in [0.1, 0.15) is 22.9 Å². The highest BCUT2D eigenvalue weighted by molar-refractivity contribution is 7.89. The number of ether oxygens (including phenoxy) is 2. The Morgan fingerprint density at radius 1 is 1.14 bits per heavy atom. The van der Waals surface area contributed by atoms with Crippen molar-refractivity contribution in [1.82, 2.24) is 9.88 Å². The van der Waals surface area contributed by atoms with Gasteiger partial charge in [-0.15, -0.1) is 0 Å². The van der Waals surface area contributed by atoms with E-state index in [2.05, 4.69) is 14.8 Å². The number of nitrogens with zero attached hydrogens (tertiary/aromatic N) is 3. The van der Waals surface area contributed by atoms with Crippen molar-refractivity contribution in [2.75, 3.05) is 25.0 Å². The number of esters is 1. The van der Waals surface area contributed by atoms with E-state index in [4.69, 9.17) is 14.6 Å². The van der Waals surface area contributed by atoms with E-state index in [-0.39, 0.29) is 23.0 Å². The van der Waals surface area contributed by atoms with Gasteiger partial charge in [0.05, 0.1) is 11.0 Å². The van der Waals surface area contributed by atoms with Crippen LogP contribution in [-0.2, 0) is 21.3 Å². The molecule has 0 aliphatic carbocycles. The van der Waals surface area contributed by atoms with Crippen LogP contribution < -0.4 is 14.8 Å². The first-order chi connectivity index (χ1) is 17.6. The molecule has 1 saturated heterocycles. The lowest BCUT2D eigenvalue weighted by atomic mass is 10.2. The topological polar surface area (TPSA) is 115 Å². The van der Waals surface area contributed by atoms with Crippen LogP contribution in [0, 0.1) is 0 Å². The monoisotopic (exact) mass is 524 g/mol. The Kier molecular flexibility index (Phi) is 8.11. The van der Waals surface area contributed by atoms with Crippen LogP contribution in [0.5, 0.6) is 11.5 Å². The number of rotatable bonds is 9. The molecule has 1 aliphatic heterocycles. The molecule has 9 nitrogen and oxygen atoms in total. The molecule has 3 aromatic rings. The molecule has 2 aromatic carbocycles. The first-order valence-corrected chi connectivity index (χ1v) is 13.7. The van der Waals surface area contributed by atoms with Crippen LogP contribution in [-0.4, -0.2) is 56.6 Å². The van der Waals surface area contributed by atoms with Crippen molar-refractivity contribution in [1.29, 1.82) is 0 Å². The third-order valence-electron chi connectivity index (χ3n) is 6.23. The number of benzene rings is 2. The number of primary sulfonamides is 1. The number of likely N-dealkylation sites (tertiary alicyclic amines) is 1. The van der Waals surface area contributed by atoms with Crippen molar-refractivity contribution < 1.29 is 22.7 Å². The van der Waals surface area contributed by atoms with Crippen LogP contribution in [0.2, 0.25) is 0 Å². The molecular formula is C27H32N4O5S. The van der Waals surface area contributed by atoms with E-state index < -0.39 is 10.0 Å². The van der Waals surface area contributed by atoms with E-state index in [0.717, 1.165) is 25.1 Å². The molecule has 10 heteroatoms. The summed E-state index contributed by atoms with van der Waals surface area (Å²) < 4.78 is 34.5. The number of likely N-dealkylation sites (N-methyl/N-ethyl adjacent to an activating group) is 1. The quantitative estimate of drug-likeness (QED) is 0.421. The Hall–Kier alpha value is -3.47. The van der Waals surface area contributed by atoms with E-state index in [0.29, 0.717) is 29.4 Å². The van der Waals surface area contributed by atoms with Gasteiger partial charge in [0.2, 0.25) is 10.0 Å². The molecule has 37 heavy (non-hydrogen) atoms. The molecule has 0 amide bonds. The van der Waals surface area contributed by atoms with Crippen LogP contribution in [0.1, 0.15) is 36.2 Å². The molecule has 1 aliphatic rings. The van der Waals surface area contributed by atoms with Gasteiger partial charge >= 0.3 is 5.97 Å². The van der Waals surface area contributed by atoms with E-state index in [1.807, 2.05) is 45.2 Å². The summed E-state index contributed by atoms with van der Waals surface area (Å²) in [5.41, 5.74) is 1.48. The molecule has 196 valence electrons. The molecule has 1 atom stereocenters. The largest absolute Gasteiger partial charge is 0.459 e. The summed E-state index contributed by atoms with van der Waals surface area (Å²) in [5.74, 6) is 1.47. The number of aromatic nitrogens is 1. The highest BCUT2D eigenvalue weighted by Gasteiger charge is 2.29. The lowest BCUT2D eigenvalue weighted by molar-refractivity contribution is 0.0378. The van der Waals surface area contributed by atoms with Gasteiger partial charge in [-0.25, -0.2) is 23.3 Å². The van der Waals surface area contributed by atoms with E-state index >= 15 is 0 Å². The van der Waals surface area contributed by atoms with Crippen molar-refractivity contribution in [3.05, 3.63) is 78.0 Å². The number of hydrogen-bond acceptors (Lipinski definition) is 8. The zero-order valence-electron chi connectivity index (χ0n) is 21.2. The van der Waals surface area contributed by atoms with Gasteiger partial charge in [-0.05, 0) is 62.7 Å². The zero-order valence-corrected chi connectivity index (χ0v) is 22.0. The molecule has 0 bridgehead atoms. The summed E-state index contributed by atoms with van der Waals surface area (Å²) in [4.78, 5) is 21.5. The smallest absolute Gasteiger partial charge is 0.342 e. The molecule has 0 saturated carbocycles. The first-order valence-electron chi connectivity index (χ1n) is 12.1. The summed E-state index contributed by atoms with van der Waals surface area (Å²) in [6.45, 7) is 6.01. The minimum atomic E-state index is -3.76. The summed E-state index contributed by atoms with van der Waals surface area (Å²) in [5, 5.41) is 5.18. The van der Waals surface area contributed by atoms with Crippen LogP contribution in [0.3, 0.4) is 0 Å². The standard InChI is InChI=1S/C27H32N4O5S/c1-19(2)35-27(32)24-8-6-15-29-26(24)30(3)21-14-16-31(18-21)17-20-7-4-5-9-25(20)36-22-10-12-23(13-11-22)37(28,33)34/h4-13,15,19,21H,14,16-18H2,1-3H3,(H2,28,33,34)/t21-/m1/s1. The van der Waals surface area contributed by atoms with Gasteiger partial charge in [-0.2, -0.15) is 0 Å². The number of para-hydroxylation sites is 1. The normalized spacial score (nSPS) is 16.1. The lowest BCUT2D eigenvalue weighted by Crippen LogP contribution is -2.36. The van der Waals surface area contributed by atoms with Gasteiger partial charge in [-0.1, -0.05) is 18.2 Å². The minimum absolute atomic E-state index is 0.0360. The molecule has 2 N–H and O–H groups in total. The number of sulfonamides is 1.